The highest BCUT2D eigenvalue weighted by Crippen LogP contribution is 2.37. The van der Waals surface area contributed by atoms with Gasteiger partial charge in [0.1, 0.15) is 17.2 Å². The molecule has 0 bridgehead atoms. The SMILES string of the molecule is COc1cccc(C2CCN2C(=O)c2[nH]c3ccc(OC)cc3c2C)c1. The molecule has 26 heavy (non-hydrogen) atoms. The van der Waals surface area contributed by atoms with Crippen LogP contribution in [-0.4, -0.2) is 36.6 Å². The maximum Gasteiger partial charge on any atom is 0.271 e. The Balaban J connectivity index is 1.65. The molecule has 1 fully saturated rings. The fourth-order valence-corrected chi connectivity index (χ4v) is 3.62. The van der Waals surface area contributed by atoms with Crippen molar-refractivity contribution in [3.63, 3.8) is 0 Å². The fourth-order valence-electron chi connectivity index (χ4n) is 3.62. The molecule has 134 valence electrons. The first kappa shape index (κ1) is 16.5. The van der Waals surface area contributed by atoms with Gasteiger partial charge in [-0.1, -0.05) is 12.1 Å². The topological polar surface area (TPSA) is 54.6 Å². The van der Waals surface area contributed by atoms with Crippen molar-refractivity contribution in [3.8, 4) is 11.5 Å². The van der Waals surface area contributed by atoms with Crippen LogP contribution in [0.1, 0.15) is 34.1 Å². The smallest absolute Gasteiger partial charge is 0.271 e. The van der Waals surface area contributed by atoms with Crippen molar-refractivity contribution in [1.82, 2.24) is 9.88 Å². The van der Waals surface area contributed by atoms with Gasteiger partial charge in [-0.05, 0) is 54.8 Å². The molecular weight excluding hydrogens is 328 g/mol. The molecule has 5 nitrogen and oxygen atoms in total. The number of H-pyrrole nitrogens is 1. The van der Waals surface area contributed by atoms with E-state index in [9.17, 15) is 4.79 Å². The summed E-state index contributed by atoms with van der Waals surface area (Å²) in [6, 6.07) is 13.9. The zero-order chi connectivity index (χ0) is 18.3. The van der Waals surface area contributed by atoms with E-state index in [0.29, 0.717) is 5.69 Å². The van der Waals surface area contributed by atoms with Crippen molar-refractivity contribution in [1.29, 1.82) is 0 Å². The molecule has 2 heterocycles. The van der Waals surface area contributed by atoms with Crippen LogP contribution < -0.4 is 9.47 Å². The molecule has 1 atom stereocenters. The minimum absolute atomic E-state index is 0.0386. The van der Waals surface area contributed by atoms with Gasteiger partial charge < -0.3 is 19.4 Å². The van der Waals surface area contributed by atoms with Gasteiger partial charge in [0.2, 0.25) is 0 Å². The van der Waals surface area contributed by atoms with Gasteiger partial charge in [0.25, 0.3) is 5.91 Å². The molecule has 1 aromatic heterocycles. The number of hydrogen-bond donors (Lipinski definition) is 1. The number of likely N-dealkylation sites (tertiary alicyclic amines) is 1. The van der Waals surface area contributed by atoms with E-state index >= 15 is 0 Å². The van der Waals surface area contributed by atoms with E-state index in [4.69, 9.17) is 9.47 Å². The van der Waals surface area contributed by atoms with Crippen molar-refractivity contribution in [2.75, 3.05) is 20.8 Å². The van der Waals surface area contributed by atoms with Gasteiger partial charge >= 0.3 is 0 Å². The lowest BCUT2D eigenvalue weighted by atomic mass is 9.93. The van der Waals surface area contributed by atoms with Crippen LogP contribution in [0.5, 0.6) is 11.5 Å². The Hall–Kier alpha value is -2.95. The van der Waals surface area contributed by atoms with Crippen molar-refractivity contribution in [2.45, 2.75) is 19.4 Å². The van der Waals surface area contributed by atoms with Crippen molar-refractivity contribution in [2.24, 2.45) is 0 Å². The second-order valence-electron chi connectivity index (χ2n) is 6.62. The highest BCUT2D eigenvalue weighted by Gasteiger charge is 2.35. The van der Waals surface area contributed by atoms with E-state index in [-0.39, 0.29) is 11.9 Å². The lowest BCUT2D eigenvalue weighted by Crippen LogP contribution is -2.45. The Morgan fingerprint density at radius 1 is 1.12 bits per heavy atom. The Labute approximate surface area is 152 Å². The number of aromatic nitrogens is 1. The molecule has 1 amide bonds. The Morgan fingerprint density at radius 2 is 1.88 bits per heavy atom. The molecule has 0 radical (unpaired) electrons. The summed E-state index contributed by atoms with van der Waals surface area (Å²) < 4.78 is 10.6. The van der Waals surface area contributed by atoms with Crippen LogP contribution in [0.4, 0.5) is 0 Å². The molecule has 1 aliphatic rings. The predicted octanol–water partition coefficient (Wildman–Crippen LogP) is 4.08. The summed E-state index contributed by atoms with van der Waals surface area (Å²) in [6.07, 6.45) is 0.964. The lowest BCUT2D eigenvalue weighted by molar-refractivity contribution is 0.0454. The minimum Gasteiger partial charge on any atom is -0.497 e. The molecule has 0 spiro atoms. The Kier molecular flexibility index (Phi) is 4.07. The highest BCUT2D eigenvalue weighted by molar-refractivity contribution is 6.01. The quantitative estimate of drug-likeness (QED) is 0.771. The number of benzene rings is 2. The van der Waals surface area contributed by atoms with E-state index in [2.05, 4.69) is 11.1 Å². The van der Waals surface area contributed by atoms with E-state index in [1.807, 2.05) is 48.2 Å². The van der Waals surface area contributed by atoms with Crippen LogP contribution in [0.2, 0.25) is 0 Å². The molecule has 1 saturated heterocycles. The Morgan fingerprint density at radius 3 is 2.58 bits per heavy atom. The van der Waals surface area contributed by atoms with Crippen LogP contribution in [0.25, 0.3) is 10.9 Å². The molecule has 1 aliphatic heterocycles. The third-order valence-electron chi connectivity index (χ3n) is 5.24. The number of carbonyl (C=O) groups is 1. The monoisotopic (exact) mass is 350 g/mol. The summed E-state index contributed by atoms with van der Waals surface area (Å²) in [7, 11) is 3.30. The number of carbonyl (C=O) groups excluding carboxylic acids is 1. The summed E-state index contributed by atoms with van der Waals surface area (Å²) in [4.78, 5) is 18.3. The molecule has 0 aliphatic carbocycles. The highest BCUT2D eigenvalue weighted by atomic mass is 16.5. The molecule has 1 unspecified atom stereocenters. The first-order valence-corrected chi connectivity index (χ1v) is 8.73. The number of amides is 1. The first-order valence-electron chi connectivity index (χ1n) is 8.73. The number of nitrogens with one attached hydrogen (secondary N) is 1. The van der Waals surface area contributed by atoms with Gasteiger partial charge in [0, 0.05) is 17.4 Å². The second kappa shape index (κ2) is 6.41. The van der Waals surface area contributed by atoms with Crippen LogP contribution in [0.3, 0.4) is 0 Å². The molecule has 3 aromatic rings. The zero-order valence-electron chi connectivity index (χ0n) is 15.2. The number of nitrogens with zero attached hydrogens (tertiary/aromatic N) is 1. The lowest BCUT2D eigenvalue weighted by Gasteiger charge is -2.41. The van der Waals surface area contributed by atoms with Gasteiger partial charge in [-0.2, -0.15) is 0 Å². The van der Waals surface area contributed by atoms with E-state index in [1.165, 1.54) is 0 Å². The summed E-state index contributed by atoms with van der Waals surface area (Å²) in [5, 5.41) is 1.02. The van der Waals surface area contributed by atoms with E-state index in [1.54, 1.807) is 14.2 Å². The zero-order valence-corrected chi connectivity index (χ0v) is 15.2. The molecule has 2 aromatic carbocycles. The third-order valence-corrected chi connectivity index (χ3v) is 5.24. The summed E-state index contributed by atoms with van der Waals surface area (Å²) in [6.45, 7) is 2.74. The maximum absolute atomic E-state index is 13.1. The molecular formula is C21H22N2O3. The van der Waals surface area contributed by atoms with Gasteiger partial charge in [-0.25, -0.2) is 0 Å². The van der Waals surface area contributed by atoms with Gasteiger partial charge in [0.15, 0.2) is 0 Å². The van der Waals surface area contributed by atoms with Crippen molar-refractivity contribution >= 4 is 16.8 Å². The van der Waals surface area contributed by atoms with Gasteiger partial charge in [-0.3, -0.25) is 4.79 Å². The van der Waals surface area contributed by atoms with Crippen molar-refractivity contribution in [3.05, 3.63) is 59.3 Å². The normalized spacial score (nSPS) is 16.4. The number of aromatic amines is 1. The summed E-state index contributed by atoms with van der Waals surface area (Å²) in [5.74, 6) is 1.64. The number of rotatable bonds is 4. The Bertz CT molecular complexity index is 977. The van der Waals surface area contributed by atoms with Crippen LogP contribution >= 0.6 is 0 Å². The standard InChI is InChI=1S/C21H22N2O3/c1-13-17-12-16(26-3)7-8-18(17)22-20(13)21(24)23-10-9-19(23)14-5-4-6-15(11-14)25-2/h4-8,11-12,19,22H,9-10H2,1-3H3. The average Bonchev–Trinajstić information content (AvgIpc) is 2.97. The molecule has 4 rings (SSSR count). The molecule has 5 heteroatoms. The number of fused-ring (bicyclic) bond motifs is 1. The van der Waals surface area contributed by atoms with Gasteiger partial charge in [-0.15, -0.1) is 0 Å². The number of aryl methyl sites for hydroxylation is 1. The average molecular weight is 350 g/mol. The maximum atomic E-state index is 13.1. The van der Waals surface area contributed by atoms with Crippen LogP contribution in [0.15, 0.2) is 42.5 Å². The van der Waals surface area contributed by atoms with Crippen LogP contribution in [-0.2, 0) is 0 Å². The molecule has 1 N–H and O–H groups in total. The first-order chi connectivity index (χ1) is 12.6. The van der Waals surface area contributed by atoms with E-state index < -0.39 is 0 Å². The van der Waals surface area contributed by atoms with Crippen LogP contribution in [0, 0.1) is 6.92 Å². The second-order valence-corrected chi connectivity index (χ2v) is 6.62. The predicted molar refractivity (Wildman–Crippen MR) is 101 cm³/mol. The van der Waals surface area contributed by atoms with E-state index in [0.717, 1.165) is 46.5 Å². The number of methoxy groups -OCH3 is 2. The summed E-state index contributed by atoms with van der Waals surface area (Å²) in [5.41, 5.74) is 3.67. The fraction of sp³-hybridized carbons (Fsp3) is 0.286. The van der Waals surface area contributed by atoms with Crippen molar-refractivity contribution < 1.29 is 14.3 Å². The minimum atomic E-state index is 0.0386. The number of ether oxygens (including phenoxy) is 2. The summed E-state index contributed by atoms with van der Waals surface area (Å²) >= 11 is 0. The van der Waals surface area contributed by atoms with Gasteiger partial charge in [0.05, 0.1) is 20.3 Å². The molecule has 0 saturated carbocycles. The third kappa shape index (κ3) is 2.60. The largest absolute Gasteiger partial charge is 0.497 e. The number of hydrogen-bond acceptors (Lipinski definition) is 3.